The van der Waals surface area contributed by atoms with Crippen molar-refractivity contribution >= 4 is 10.9 Å². The third-order valence-corrected chi connectivity index (χ3v) is 3.91. The number of benzene rings is 1. The lowest BCUT2D eigenvalue weighted by molar-refractivity contribution is 0.132. The van der Waals surface area contributed by atoms with Crippen molar-refractivity contribution < 1.29 is 4.74 Å². The quantitative estimate of drug-likeness (QED) is 0.899. The summed E-state index contributed by atoms with van der Waals surface area (Å²) in [4.78, 5) is 0. The molecule has 2 N–H and O–H groups in total. The van der Waals surface area contributed by atoms with Crippen LogP contribution in [0.15, 0.2) is 24.4 Å². The van der Waals surface area contributed by atoms with E-state index >= 15 is 0 Å². The van der Waals surface area contributed by atoms with Crippen molar-refractivity contribution in [1.29, 1.82) is 0 Å². The summed E-state index contributed by atoms with van der Waals surface area (Å²) in [5, 5.41) is 11.7. The summed E-state index contributed by atoms with van der Waals surface area (Å²) in [6, 6.07) is 7.26. The number of hydrogen-bond donors (Lipinski definition) is 2. The molecule has 0 aliphatic heterocycles. The van der Waals surface area contributed by atoms with Gasteiger partial charge in [0.05, 0.1) is 11.7 Å². The Labute approximate surface area is 119 Å². The molecule has 0 bridgehead atoms. The van der Waals surface area contributed by atoms with Gasteiger partial charge in [0.1, 0.15) is 11.9 Å². The highest BCUT2D eigenvalue weighted by molar-refractivity contribution is 5.79. The summed E-state index contributed by atoms with van der Waals surface area (Å²) >= 11 is 0. The molecular weight excluding hydrogens is 250 g/mol. The van der Waals surface area contributed by atoms with Crippen LogP contribution in [0.25, 0.3) is 10.9 Å². The molecule has 4 nitrogen and oxygen atoms in total. The highest BCUT2D eigenvalue weighted by Gasteiger charge is 2.23. The number of hydrogen-bond acceptors (Lipinski definition) is 3. The molecule has 1 fully saturated rings. The maximum Gasteiger partial charge on any atom is 0.120 e. The fraction of sp³-hybridized carbons (Fsp3) is 0.562. The average Bonchev–Trinajstić information content (AvgIpc) is 2.85. The van der Waals surface area contributed by atoms with Gasteiger partial charge in [0.15, 0.2) is 0 Å². The number of rotatable bonds is 4. The Bertz CT molecular complexity index is 564. The van der Waals surface area contributed by atoms with Gasteiger partial charge in [-0.1, -0.05) is 13.8 Å². The molecule has 108 valence electrons. The maximum atomic E-state index is 6.16. The molecule has 2 atom stereocenters. The topological polar surface area (TPSA) is 49.9 Å². The Morgan fingerprint density at radius 3 is 3.10 bits per heavy atom. The van der Waals surface area contributed by atoms with E-state index in [1.54, 1.807) is 0 Å². The van der Waals surface area contributed by atoms with Crippen molar-refractivity contribution in [2.75, 3.05) is 0 Å². The van der Waals surface area contributed by atoms with Gasteiger partial charge in [0.25, 0.3) is 0 Å². The number of ether oxygens (including phenoxy) is 1. The first-order valence-corrected chi connectivity index (χ1v) is 7.56. The van der Waals surface area contributed by atoms with Gasteiger partial charge in [-0.2, -0.15) is 5.10 Å². The van der Waals surface area contributed by atoms with Gasteiger partial charge in [-0.3, -0.25) is 5.10 Å². The second kappa shape index (κ2) is 5.83. The van der Waals surface area contributed by atoms with Crippen molar-refractivity contribution in [2.45, 2.75) is 57.7 Å². The van der Waals surface area contributed by atoms with Crippen LogP contribution in [0.5, 0.6) is 5.75 Å². The maximum absolute atomic E-state index is 6.16. The molecule has 0 spiro atoms. The number of H-pyrrole nitrogens is 1. The monoisotopic (exact) mass is 273 g/mol. The molecule has 4 heteroatoms. The van der Waals surface area contributed by atoms with Crippen LogP contribution in [0.2, 0.25) is 0 Å². The highest BCUT2D eigenvalue weighted by Crippen LogP contribution is 2.26. The van der Waals surface area contributed by atoms with Gasteiger partial charge in [0, 0.05) is 17.5 Å². The Kier molecular flexibility index (Phi) is 3.92. The minimum atomic E-state index is 0.323. The first-order valence-electron chi connectivity index (χ1n) is 7.56. The summed E-state index contributed by atoms with van der Waals surface area (Å²) in [5.74, 6) is 0.953. The molecule has 0 amide bonds. The summed E-state index contributed by atoms with van der Waals surface area (Å²) in [6.45, 7) is 4.41. The number of fused-ring (bicyclic) bond motifs is 1. The SMILES string of the molecule is CC(C)N[C@@H]1CCC[C@@H](Oc2ccc3[nH]ncc3c2)C1. The third kappa shape index (κ3) is 3.12. The van der Waals surface area contributed by atoms with Crippen molar-refractivity contribution in [2.24, 2.45) is 0 Å². The molecule has 0 saturated heterocycles. The van der Waals surface area contributed by atoms with Crippen LogP contribution in [-0.2, 0) is 0 Å². The van der Waals surface area contributed by atoms with Gasteiger partial charge < -0.3 is 10.1 Å². The summed E-state index contributed by atoms with van der Waals surface area (Å²) < 4.78 is 6.16. The molecule has 2 aromatic rings. The Morgan fingerprint density at radius 1 is 1.35 bits per heavy atom. The average molecular weight is 273 g/mol. The molecule has 0 unspecified atom stereocenters. The van der Waals surface area contributed by atoms with Crippen LogP contribution in [0.3, 0.4) is 0 Å². The lowest BCUT2D eigenvalue weighted by Gasteiger charge is -2.31. The fourth-order valence-electron chi connectivity index (χ4n) is 3.06. The van der Waals surface area contributed by atoms with Gasteiger partial charge in [-0.15, -0.1) is 0 Å². The third-order valence-electron chi connectivity index (χ3n) is 3.91. The normalized spacial score (nSPS) is 23.4. The van der Waals surface area contributed by atoms with Crippen molar-refractivity contribution in [3.63, 3.8) is 0 Å². The number of aromatic nitrogens is 2. The van der Waals surface area contributed by atoms with Crippen molar-refractivity contribution in [3.05, 3.63) is 24.4 Å². The molecule has 3 rings (SSSR count). The lowest BCUT2D eigenvalue weighted by Crippen LogP contribution is -2.41. The predicted octanol–water partition coefficient (Wildman–Crippen LogP) is 3.25. The summed E-state index contributed by atoms with van der Waals surface area (Å²) in [7, 11) is 0. The van der Waals surface area contributed by atoms with Crippen LogP contribution < -0.4 is 10.1 Å². The van der Waals surface area contributed by atoms with E-state index in [1.807, 2.05) is 18.3 Å². The van der Waals surface area contributed by atoms with Crippen LogP contribution in [0, 0.1) is 0 Å². The summed E-state index contributed by atoms with van der Waals surface area (Å²) in [6.07, 6.45) is 6.92. The van der Waals surface area contributed by atoms with Crippen LogP contribution in [-0.4, -0.2) is 28.4 Å². The smallest absolute Gasteiger partial charge is 0.120 e. The van der Waals surface area contributed by atoms with E-state index in [9.17, 15) is 0 Å². The Hall–Kier alpha value is -1.55. The van der Waals surface area contributed by atoms with E-state index in [1.165, 1.54) is 12.8 Å². The zero-order valence-corrected chi connectivity index (χ0v) is 12.2. The zero-order chi connectivity index (χ0) is 13.9. The van der Waals surface area contributed by atoms with Gasteiger partial charge in [0.2, 0.25) is 0 Å². The molecule has 1 aromatic heterocycles. The zero-order valence-electron chi connectivity index (χ0n) is 12.2. The summed E-state index contributed by atoms with van der Waals surface area (Å²) in [5.41, 5.74) is 1.06. The molecule has 1 saturated carbocycles. The van der Waals surface area contributed by atoms with Gasteiger partial charge >= 0.3 is 0 Å². The van der Waals surface area contributed by atoms with E-state index in [4.69, 9.17) is 4.74 Å². The van der Waals surface area contributed by atoms with E-state index in [0.29, 0.717) is 18.2 Å². The standard InChI is InChI=1S/C16H23N3O/c1-11(2)18-13-4-3-5-14(9-13)20-15-6-7-16-12(8-15)10-17-19-16/h6-8,10-11,13-14,18H,3-5,9H2,1-2H3,(H,17,19)/t13-,14-/m1/s1. The van der Waals surface area contributed by atoms with Gasteiger partial charge in [-0.25, -0.2) is 0 Å². The van der Waals surface area contributed by atoms with Crippen molar-refractivity contribution in [1.82, 2.24) is 15.5 Å². The molecule has 20 heavy (non-hydrogen) atoms. The first kappa shape index (κ1) is 13.4. The molecular formula is C16H23N3O. The van der Waals surface area contributed by atoms with Crippen molar-refractivity contribution in [3.8, 4) is 5.75 Å². The largest absolute Gasteiger partial charge is 0.490 e. The first-order chi connectivity index (χ1) is 9.70. The van der Waals surface area contributed by atoms with Crippen LogP contribution in [0.4, 0.5) is 0 Å². The van der Waals surface area contributed by atoms with E-state index < -0.39 is 0 Å². The lowest BCUT2D eigenvalue weighted by atomic mass is 9.92. The molecule has 1 heterocycles. The minimum Gasteiger partial charge on any atom is -0.490 e. The Balaban J connectivity index is 1.64. The molecule has 0 radical (unpaired) electrons. The molecule has 1 aliphatic rings. The van der Waals surface area contributed by atoms with E-state index in [2.05, 4.69) is 35.4 Å². The fourth-order valence-corrected chi connectivity index (χ4v) is 3.06. The number of aromatic amines is 1. The molecule has 1 aromatic carbocycles. The second-order valence-electron chi connectivity index (χ2n) is 6.04. The molecule has 1 aliphatic carbocycles. The predicted molar refractivity (Wildman–Crippen MR) is 81.0 cm³/mol. The van der Waals surface area contributed by atoms with Crippen LogP contribution >= 0.6 is 0 Å². The highest BCUT2D eigenvalue weighted by atomic mass is 16.5. The number of nitrogens with zero attached hydrogens (tertiary/aromatic N) is 1. The van der Waals surface area contributed by atoms with Gasteiger partial charge in [-0.05, 0) is 43.9 Å². The minimum absolute atomic E-state index is 0.323. The Morgan fingerprint density at radius 2 is 2.25 bits per heavy atom. The van der Waals surface area contributed by atoms with Crippen LogP contribution in [0.1, 0.15) is 39.5 Å². The second-order valence-corrected chi connectivity index (χ2v) is 6.04. The van der Waals surface area contributed by atoms with E-state index in [-0.39, 0.29) is 0 Å². The van der Waals surface area contributed by atoms with E-state index in [0.717, 1.165) is 29.5 Å². The number of nitrogens with one attached hydrogen (secondary N) is 2.